The largest absolute Gasteiger partial charge is 0.497 e. The molecule has 5 heteroatoms. The Hall–Kier alpha value is -3.08. The number of anilines is 1. The van der Waals surface area contributed by atoms with Gasteiger partial charge in [0.25, 0.3) is 11.8 Å². The summed E-state index contributed by atoms with van der Waals surface area (Å²) < 4.78 is 5.29. The lowest BCUT2D eigenvalue weighted by molar-refractivity contribution is -0.139. The molecule has 0 spiro atoms. The number of fused-ring (bicyclic) bond motifs is 1. The zero-order valence-corrected chi connectivity index (χ0v) is 18.0. The number of carbonyl (C=O) groups excluding carboxylic acids is 2. The van der Waals surface area contributed by atoms with E-state index in [1.807, 2.05) is 42.5 Å². The van der Waals surface area contributed by atoms with E-state index < -0.39 is 0 Å². The van der Waals surface area contributed by atoms with E-state index in [1.165, 1.54) is 18.4 Å². The van der Waals surface area contributed by atoms with Gasteiger partial charge >= 0.3 is 0 Å². The first-order valence-electron chi connectivity index (χ1n) is 11.3. The maximum absolute atomic E-state index is 13.8. The van der Waals surface area contributed by atoms with Crippen molar-refractivity contribution < 1.29 is 14.3 Å². The SMILES string of the molecule is COc1ccc(C2=C(N3CCc4ccccc43)C(=O)N(C3CCCCCC3)C2=O)cc1. The predicted octanol–water partition coefficient (Wildman–Crippen LogP) is 4.56. The van der Waals surface area contributed by atoms with Gasteiger partial charge in [-0.3, -0.25) is 14.5 Å². The number of hydrogen-bond acceptors (Lipinski definition) is 4. The Balaban J connectivity index is 1.60. The Morgan fingerprint density at radius 3 is 2.29 bits per heavy atom. The van der Waals surface area contributed by atoms with E-state index in [1.54, 1.807) is 12.0 Å². The van der Waals surface area contributed by atoms with Gasteiger partial charge in [0, 0.05) is 18.3 Å². The second-order valence-electron chi connectivity index (χ2n) is 8.61. The quantitative estimate of drug-likeness (QED) is 0.542. The number of methoxy groups -OCH3 is 1. The lowest BCUT2D eigenvalue weighted by Gasteiger charge is -2.27. The van der Waals surface area contributed by atoms with Crippen LogP contribution in [0.25, 0.3) is 5.57 Å². The minimum absolute atomic E-state index is 0.00825. The number of rotatable bonds is 4. The van der Waals surface area contributed by atoms with Crippen molar-refractivity contribution in [2.24, 2.45) is 0 Å². The first-order valence-corrected chi connectivity index (χ1v) is 11.3. The number of imide groups is 1. The molecule has 0 radical (unpaired) electrons. The van der Waals surface area contributed by atoms with Gasteiger partial charge in [-0.2, -0.15) is 0 Å². The fourth-order valence-electron chi connectivity index (χ4n) is 5.22. The molecule has 5 rings (SSSR count). The summed E-state index contributed by atoms with van der Waals surface area (Å²) in [6.07, 6.45) is 7.17. The first kappa shape index (κ1) is 19.9. The summed E-state index contributed by atoms with van der Waals surface area (Å²) in [5.41, 5.74) is 4.08. The molecular weight excluding hydrogens is 388 g/mol. The number of hydrogen-bond donors (Lipinski definition) is 0. The summed E-state index contributed by atoms with van der Waals surface area (Å²) >= 11 is 0. The number of benzene rings is 2. The second kappa shape index (κ2) is 8.22. The van der Waals surface area contributed by atoms with Crippen LogP contribution in [0, 0.1) is 0 Å². The highest BCUT2D eigenvalue weighted by Gasteiger charge is 2.45. The van der Waals surface area contributed by atoms with Crippen molar-refractivity contribution in [3.63, 3.8) is 0 Å². The van der Waals surface area contributed by atoms with Crippen LogP contribution in [0.5, 0.6) is 5.75 Å². The van der Waals surface area contributed by atoms with Crippen molar-refractivity contribution in [2.45, 2.75) is 51.0 Å². The normalized spacial score (nSPS) is 19.8. The molecular formula is C26H28N2O3. The molecule has 2 heterocycles. The van der Waals surface area contributed by atoms with Gasteiger partial charge in [0.15, 0.2) is 0 Å². The summed E-state index contributed by atoms with van der Waals surface area (Å²) in [5, 5.41) is 0. The number of para-hydroxylation sites is 1. The van der Waals surface area contributed by atoms with Crippen LogP contribution in [0.3, 0.4) is 0 Å². The molecule has 1 fully saturated rings. The molecule has 2 aromatic rings. The minimum Gasteiger partial charge on any atom is -0.497 e. The van der Waals surface area contributed by atoms with Gasteiger partial charge in [-0.05, 0) is 48.6 Å². The van der Waals surface area contributed by atoms with Crippen LogP contribution in [0.1, 0.15) is 49.7 Å². The van der Waals surface area contributed by atoms with Gasteiger partial charge in [0.2, 0.25) is 0 Å². The van der Waals surface area contributed by atoms with E-state index in [-0.39, 0.29) is 17.9 Å². The van der Waals surface area contributed by atoms with E-state index in [4.69, 9.17) is 4.74 Å². The van der Waals surface area contributed by atoms with Crippen LogP contribution in [0.2, 0.25) is 0 Å². The number of amides is 2. The smallest absolute Gasteiger partial charge is 0.278 e. The molecule has 3 aliphatic rings. The number of nitrogens with zero attached hydrogens (tertiary/aromatic N) is 2. The van der Waals surface area contributed by atoms with Gasteiger partial charge in [0.1, 0.15) is 11.4 Å². The van der Waals surface area contributed by atoms with Crippen LogP contribution in [0.4, 0.5) is 5.69 Å². The lowest BCUT2D eigenvalue weighted by Crippen LogP contribution is -2.42. The molecule has 2 amide bonds. The van der Waals surface area contributed by atoms with Gasteiger partial charge in [0.05, 0.1) is 12.7 Å². The average molecular weight is 417 g/mol. The summed E-state index contributed by atoms with van der Waals surface area (Å²) in [7, 11) is 1.62. The molecule has 0 aromatic heterocycles. The van der Waals surface area contributed by atoms with Crippen molar-refractivity contribution in [1.82, 2.24) is 4.90 Å². The van der Waals surface area contributed by atoms with Crippen molar-refractivity contribution in [1.29, 1.82) is 0 Å². The summed E-state index contributed by atoms with van der Waals surface area (Å²) in [6, 6.07) is 15.6. The summed E-state index contributed by atoms with van der Waals surface area (Å²) in [5.74, 6) is 0.440. The standard InChI is InChI=1S/C26H28N2O3/c1-31-21-14-12-19(13-15-21)23-24(27-17-16-18-8-6-7-11-22(18)27)26(30)28(25(23)29)20-9-4-2-3-5-10-20/h6-8,11-15,20H,2-5,9-10,16-17H2,1H3. The van der Waals surface area contributed by atoms with Gasteiger partial charge in [-0.1, -0.05) is 56.0 Å². The molecule has 31 heavy (non-hydrogen) atoms. The highest BCUT2D eigenvalue weighted by atomic mass is 16.5. The molecule has 1 aliphatic carbocycles. The van der Waals surface area contributed by atoms with E-state index in [0.29, 0.717) is 17.8 Å². The van der Waals surface area contributed by atoms with Crippen LogP contribution in [-0.2, 0) is 16.0 Å². The Bertz CT molecular complexity index is 1030. The Labute approximate surface area is 183 Å². The summed E-state index contributed by atoms with van der Waals surface area (Å²) in [4.78, 5) is 31.2. The maximum atomic E-state index is 13.8. The van der Waals surface area contributed by atoms with Crippen molar-refractivity contribution >= 4 is 23.1 Å². The van der Waals surface area contributed by atoms with Gasteiger partial charge in [-0.25, -0.2) is 0 Å². The zero-order chi connectivity index (χ0) is 21.4. The number of carbonyl (C=O) groups is 2. The Morgan fingerprint density at radius 2 is 1.58 bits per heavy atom. The molecule has 0 unspecified atom stereocenters. The van der Waals surface area contributed by atoms with Crippen molar-refractivity contribution in [3.8, 4) is 5.75 Å². The van der Waals surface area contributed by atoms with Crippen molar-refractivity contribution in [3.05, 3.63) is 65.4 Å². The number of ether oxygens (including phenoxy) is 1. The zero-order valence-electron chi connectivity index (χ0n) is 18.0. The fourth-order valence-corrected chi connectivity index (χ4v) is 5.22. The predicted molar refractivity (Wildman–Crippen MR) is 121 cm³/mol. The van der Waals surface area contributed by atoms with E-state index >= 15 is 0 Å². The highest BCUT2D eigenvalue weighted by molar-refractivity contribution is 6.37. The molecule has 2 aromatic carbocycles. The minimum atomic E-state index is -0.151. The monoisotopic (exact) mass is 416 g/mol. The lowest BCUT2D eigenvalue weighted by atomic mass is 10.0. The summed E-state index contributed by atoms with van der Waals surface area (Å²) in [6.45, 7) is 0.714. The third-order valence-corrected chi connectivity index (χ3v) is 6.82. The fraction of sp³-hybridized carbons (Fsp3) is 0.385. The second-order valence-corrected chi connectivity index (χ2v) is 8.61. The third-order valence-electron chi connectivity index (χ3n) is 6.82. The van der Waals surface area contributed by atoms with E-state index in [2.05, 4.69) is 11.0 Å². The molecule has 0 atom stereocenters. The molecule has 1 saturated carbocycles. The van der Waals surface area contributed by atoms with Crippen LogP contribution in [-0.4, -0.2) is 36.4 Å². The third kappa shape index (κ3) is 3.42. The highest BCUT2D eigenvalue weighted by Crippen LogP contribution is 2.40. The maximum Gasteiger partial charge on any atom is 0.278 e. The van der Waals surface area contributed by atoms with Gasteiger partial charge < -0.3 is 9.64 Å². The van der Waals surface area contributed by atoms with E-state index in [0.717, 1.165) is 49.1 Å². The van der Waals surface area contributed by atoms with Crippen LogP contribution < -0.4 is 9.64 Å². The molecule has 0 N–H and O–H groups in total. The molecule has 160 valence electrons. The molecule has 0 bridgehead atoms. The molecule has 0 saturated heterocycles. The van der Waals surface area contributed by atoms with Crippen molar-refractivity contribution in [2.75, 3.05) is 18.6 Å². The molecule has 5 nitrogen and oxygen atoms in total. The van der Waals surface area contributed by atoms with E-state index in [9.17, 15) is 9.59 Å². The average Bonchev–Trinajstić information content (AvgIpc) is 3.19. The topological polar surface area (TPSA) is 49.9 Å². The van der Waals surface area contributed by atoms with Gasteiger partial charge in [-0.15, -0.1) is 0 Å². The Kier molecular flexibility index (Phi) is 5.26. The Morgan fingerprint density at radius 1 is 0.871 bits per heavy atom. The first-order chi connectivity index (χ1) is 15.2. The molecule has 2 aliphatic heterocycles. The van der Waals surface area contributed by atoms with Crippen LogP contribution in [0.15, 0.2) is 54.2 Å². The van der Waals surface area contributed by atoms with Crippen LogP contribution >= 0.6 is 0 Å².